The van der Waals surface area contributed by atoms with Crippen LogP contribution in [0.3, 0.4) is 0 Å². The molecule has 0 saturated heterocycles. The Labute approximate surface area is 158 Å². The first-order valence-corrected chi connectivity index (χ1v) is 8.86. The molecule has 0 bridgehead atoms. The van der Waals surface area contributed by atoms with E-state index in [0.717, 1.165) is 12.0 Å². The molecule has 0 aliphatic carbocycles. The molecule has 1 N–H and O–H groups in total. The van der Waals surface area contributed by atoms with Crippen LogP contribution >= 0.6 is 11.6 Å². The van der Waals surface area contributed by atoms with E-state index in [1.165, 1.54) is 0 Å². The van der Waals surface area contributed by atoms with Crippen molar-refractivity contribution >= 4 is 23.8 Å². The highest BCUT2D eigenvalue weighted by Gasteiger charge is 2.08. The van der Waals surface area contributed by atoms with E-state index in [4.69, 9.17) is 21.1 Å². The van der Waals surface area contributed by atoms with Crippen LogP contribution in [0, 0.1) is 0 Å². The zero-order valence-corrected chi connectivity index (χ0v) is 15.4. The van der Waals surface area contributed by atoms with Crippen LogP contribution in [0.25, 0.3) is 0 Å². The maximum atomic E-state index is 11.9. The summed E-state index contributed by atoms with van der Waals surface area (Å²) in [5, 5.41) is 3.47. The number of amides is 1. The zero-order chi connectivity index (χ0) is 18.8. The second-order valence-electron chi connectivity index (χ2n) is 5.68. The van der Waals surface area contributed by atoms with Crippen molar-refractivity contribution in [3.8, 4) is 11.5 Å². The minimum Gasteiger partial charge on any atom is -0.493 e. The van der Waals surface area contributed by atoms with Crippen molar-refractivity contribution in [3.05, 3.63) is 58.6 Å². The molecule has 6 heteroatoms. The molecule has 2 rings (SSSR count). The molecule has 2 aromatic rings. The van der Waals surface area contributed by atoms with Crippen LogP contribution in [0.15, 0.2) is 42.5 Å². The van der Waals surface area contributed by atoms with Gasteiger partial charge >= 0.3 is 0 Å². The molecule has 0 saturated carbocycles. The fourth-order valence-electron chi connectivity index (χ4n) is 2.24. The summed E-state index contributed by atoms with van der Waals surface area (Å²) in [5.74, 6) is 0.688. The molecule has 5 nitrogen and oxygen atoms in total. The predicted molar refractivity (Wildman–Crippen MR) is 101 cm³/mol. The number of ether oxygens (including phenoxy) is 2. The first-order valence-electron chi connectivity index (χ1n) is 8.48. The third-order valence-electron chi connectivity index (χ3n) is 3.59. The Morgan fingerprint density at radius 2 is 1.92 bits per heavy atom. The second-order valence-corrected chi connectivity index (χ2v) is 6.12. The van der Waals surface area contributed by atoms with Crippen LogP contribution in [0.1, 0.15) is 29.3 Å². The van der Waals surface area contributed by atoms with E-state index in [1.807, 2.05) is 31.2 Å². The van der Waals surface area contributed by atoms with Gasteiger partial charge in [0.15, 0.2) is 12.9 Å². The molecular formula is C20H22ClNO4. The van der Waals surface area contributed by atoms with Crippen LogP contribution in [0.4, 0.5) is 0 Å². The van der Waals surface area contributed by atoms with Crippen molar-refractivity contribution in [2.75, 3.05) is 19.8 Å². The molecule has 138 valence electrons. The molecule has 0 aromatic heterocycles. The van der Waals surface area contributed by atoms with Crippen LogP contribution < -0.4 is 14.8 Å². The second kappa shape index (κ2) is 10.5. The normalized spacial score (nSPS) is 10.2. The predicted octanol–water partition coefficient (Wildman–Crippen LogP) is 3.68. The zero-order valence-electron chi connectivity index (χ0n) is 14.7. The van der Waals surface area contributed by atoms with Gasteiger partial charge in [-0.15, -0.1) is 0 Å². The van der Waals surface area contributed by atoms with Crippen molar-refractivity contribution in [3.63, 3.8) is 0 Å². The smallest absolute Gasteiger partial charge is 0.257 e. The molecule has 0 spiro atoms. The standard InChI is InChI=1S/C20H22ClNO4/c1-2-11-25-18-8-5-16(13-23)19(12-18)26-14-20(24)22-10-9-15-3-6-17(21)7-4-15/h3-8,12-13H,2,9-11,14H2,1H3,(H,22,24). The average Bonchev–Trinajstić information content (AvgIpc) is 2.66. The monoisotopic (exact) mass is 375 g/mol. The topological polar surface area (TPSA) is 64.6 Å². The van der Waals surface area contributed by atoms with Crippen LogP contribution in [-0.4, -0.2) is 32.0 Å². The van der Waals surface area contributed by atoms with Crippen molar-refractivity contribution in [1.29, 1.82) is 0 Å². The third-order valence-corrected chi connectivity index (χ3v) is 3.84. The molecule has 0 aliphatic heterocycles. The summed E-state index contributed by atoms with van der Waals surface area (Å²) in [4.78, 5) is 23.1. The maximum Gasteiger partial charge on any atom is 0.257 e. The molecule has 26 heavy (non-hydrogen) atoms. The Balaban J connectivity index is 1.82. The fraction of sp³-hybridized carbons (Fsp3) is 0.300. The number of aldehydes is 1. The van der Waals surface area contributed by atoms with Gasteiger partial charge in [0.1, 0.15) is 11.5 Å². The van der Waals surface area contributed by atoms with E-state index in [0.29, 0.717) is 47.9 Å². The van der Waals surface area contributed by atoms with Gasteiger partial charge in [-0.1, -0.05) is 30.7 Å². The molecule has 1 amide bonds. The maximum absolute atomic E-state index is 11.9. The Morgan fingerprint density at radius 3 is 2.62 bits per heavy atom. The first kappa shape index (κ1) is 19.8. The molecule has 2 aromatic carbocycles. The number of halogens is 1. The molecule has 0 atom stereocenters. The van der Waals surface area contributed by atoms with Crippen molar-refractivity contribution in [2.45, 2.75) is 19.8 Å². The van der Waals surface area contributed by atoms with E-state index >= 15 is 0 Å². The van der Waals surface area contributed by atoms with E-state index in [2.05, 4.69) is 5.32 Å². The first-order chi connectivity index (χ1) is 12.6. The Hall–Kier alpha value is -2.53. The summed E-state index contributed by atoms with van der Waals surface area (Å²) in [7, 11) is 0. The van der Waals surface area contributed by atoms with Gasteiger partial charge in [0.05, 0.1) is 12.2 Å². The van der Waals surface area contributed by atoms with Crippen LogP contribution in [0.2, 0.25) is 5.02 Å². The molecule has 0 radical (unpaired) electrons. The van der Waals surface area contributed by atoms with E-state index in [9.17, 15) is 9.59 Å². The Morgan fingerprint density at radius 1 is 1.15 bits per heavy atom. The van der Waals surface area contributed by atoms with Crippen molar-refractivity contribution in [2.24, 2.45) is 0 Å². The lowest BCUT2D eigenvalue weighted by Crippen LogP contribution is -2.30. The van der Waals surface area contributed by atoms with E-state index in [1.54, 1.807) is 18.2 Å². The number of hydrogen-bond acceptors (Lipinski definition) is 4. The molecular weight excluding hydrogens is 354 g/mol. The average molecular weight is 376 g/mol. The summed E-state index contributed by atoms with van der Waals surface area (Å²) in [6.07, 6.45) is 2.27. The summed E-state index contributed by atoms with van der Waals surface area (Å²) in [5.41, 5.74) is 1.46. The van der Waals surface area contributed by atoms with Gasteiger partial charge in [-0.25, -0.2) is 0 Å². The summed E-state index contributed by atoms with van der Waals surface area (Å²) in [6.45, 7) is 2.90. The van der Waals surface area contributed by atoms with Gasteiger partial charge in [-0.2, -0.15) is 0 Å². The molecule has 0 heterocycles. The lowest BCUT2D eigenvalue weighted by molar-refractivity contribution is -0.123. The summed E-state index contributed by atoms with van der Waals surface area (Å²) >= 11 is 5.84. The quantitative estimate of drug-likeness (QED) is 0.643. The van der Waals surface area contributed by atoms with Gasteiger partial charge in [-0.05, 0) is 42.7 Å². The Bertz CT molecular complexity index is 731. The fourth-order valence-corrected chi connectivity index (χ4v) is 2.36. The highest BCUT2D eigenvalue weighted by atomic mass is 35.5. The van der Waals surface area contributed by atoms with Gasteiger partial charge in [0, 0.05) is 17.6 Å². The lowest BCUT2D eigenvalue weighted by atomic mass is 10.1. The number of nitrogens with one attached hydrogen (secondary N) is 1. The third kappa shape index (κ3) is 6.41. The van der Waals surface area contributed by atoms with E-state index in [-0.39, 0.29) is 12.5 Å². The number of carbonyl (C=O) groups excluding carboxylic acids is 2. The molecule has 0 unspecified atom stereocenters. The van der Waals surface area contributed by atoms with Crippen molar-refractivity contribution in [1.82, 2.24) is 5.32 Å². The van der Waals surface area contributed by atoms with Gasteiger partial charge in [-0.3, -0.25) is 9.59 Å². The van der Waals surface area contributed by atoms with Gasteiger partial charge in [0.25, 0.3) is 5.91 Å². The Kier molecular flexibility index (Phi) is 7.96. The SMILES string of the molecule is CCCOc1ccc(C=O)c(OCC(=O)NCCc2ccc(Cl)cc2)c1. The minimum atomic E-state index is -0.254. The highest BCUT2D eigenvalue weighted by Crippen LogP contribution is 2.24. The molecule has 0 aliphatic rings. The highest BCUT2D eigenvalue weighted by molar-refractivity contribution is 6.30. The number of carbonyl (C=O) groups is 2. The number of hydrogen-bond donors (Lipinski definition) is 1. The number of benzene rings is 2. The summed E-state index contributed by atoms with van der Waals surface area (Å²) < 4.78 is 11.0. The van der Waals surface area contributed by atoms with Gasteiger partial charge < -0.3 is 14.8 Å². The van der Waals surface area contributed by atoms with Crippen molar-refractivity contribution < 1.29 is 19.1 Å². The van der Waals surface area contributed by atoms with Crippen LogP contribution in [-0.2, 0) is 11.2 Å². The van der Waals surface area contributed by atoms with E-state index < -0.39 is 0 Å². The lowest BCUT2D eigenvalue weighted by Gasteiger charge is -2.11. The molecule has 0 fully saturated rings. The minimum absolute atomic E-state index is 0.168. The largest absolute Gasteiger partial charge is 0.493 e. The van der Waals surface area contributed by atoms with Gasteiger partial charge in [0.2, 0.25) is 0 Å². The summed E-state index contributed by atoms with van der Waals surface area (Å²) in [6, 6.07) is 12.4. The van der Waals surface area contributed by atoms with Crippen LogP contribution in [0.5, 0.6) is 11.5 Å². The number of rotatable bonds is 10.